The van der Waals surface area contributed by atoms with Crippen LogP contribution in [-0.4, -0.2) is 17.4 Å². The lowest BCUT2D eigenvalue weighted by atomic mass is 10.2. The van der Waals surface area contributed by atoms with E-state index < -0.39 is 5.82 Å². The summed E-state index contributed by atoms with van der Waals surface area (Å²) in [6.07, 6.45) is 1.41. The van der Waals surface area contributed by atoms with Gasteiger partial charge in [0.05, 0.1) is 15.1 Å². The molecule has 1 heterocycles. The highest BCUT2D eigenvalue weighted by molar-refractivity contribution is 9.10. The Morgan fingerprint density at radius 2 is 2.19 bits per heavy atom. The van der Waals surface area contributed by atoms with E-state index in [4.69, 9.17) is 11.6 Å². The maximum Gasteiger partial charge on any atom is 0.257 e. The standard InChI is InChI=1S/C14H12BrClFN3O/c1-2-18-13-6-9(11(16)7-19-13)14(21)20-8-3-4-12(17)10(15)5-8/h3-7H,2H2,1H3,(H,18,19)(H,20,21). The van der Waals surface area contributed by atoms with Gasteiger partial charge in [0.15, 0.2) is 0 Å². The number of pyridine rings is 1. The first kappa shape index (κ1) is 15.7. The molecule has 0 aliphatic rings. The summed E-state index contributed by atoms with van der Waals surface area (Å²) in [7, 11) is 0. The van der Waals surface area contributed by atoms with Crippen molar-refractivity contribution in [3.63, 3.8) is 0 Å². The van der Waals surface area contributed by atoms with Crippen LogP contribution < -0.4 is 10.6 Å². The van der Waals surface area contributed by atoms with Gasteiger partial charge in [0.2, 0.25) is 0 Å². The lowest BCUT2D eigenvalue weighted by Gasteiger charge is -2.09. The molecule has 0 aliphatic heterocycles. The maximum absolute atomic E-state index is 13.2. The van der Waals surface area contributed by atoms with E-state index in [-0.39, 0.29) is 15.4 Å². The molecule has 0 saturated carbocycles. The normalized spacial score (nSPS) is 10.3. The molecular formula is C14H12BrClFN3O. The third kappa shape index (κ3) is 3.92. The molecule has 1 aromatic carbocycles. The van der Waals surface area contributed by atoms with Gasteiger partial charge in [-0.1, -0.05) is 11.6 Å². The Labute approximate surface area is 134 Å². The van der Waals surface area contributed by atoms with E-state index in [1.807, 2.05) is 6.92 Å². The molecule has 0 atom stereocenters. The quantitative estimate of drug-likeness (QED) is 0.840. The Morgan fingerprint density at radius 3 is 2.86 bits per heavy atom. The van der Waals surface area contributed by atoms with Crippen molar-refractivity contribution in [2.75, 3.05) is 17.2 Å². The summed E-state index contributed by atoms with van der Waals surface area (Å²) in [6.45, 7) is 2.60. The van der Waals surface area contributed by atoms with Gasteiger partial charge in [0, 0.05) is 18.4 Å². The van der Waals surface area contributed by atoms with Gasteiger partial charge in [-0.25, -0.2) is 9.37 Å². The lowest BCUT2D eigenvalue weighted by Crippen LogP contribution is -2.13. The molecule has 2 aromatic rings. The summed E-state index contributed by atoms with van der Waals surface area (Å²) in [6, 6.07) is 5.78. The predicted octanol–water partition coefficient (Wildman–Crippen LogP) is 4.32. The van der Waals surface area contributed by atoms with Crippen LogP contribution in [0.25, 0.3) is 0 Å². The van der Waals surface area contributed by atoms with Crippen molar-refractivity contribution >= 4 is 44.9 Å². The number of carbonyl (C=O) groups excluding carboxylic acids is 1. The first-order chi connectivity index (χ1) is 10.0. The Morgan fingerprint density at radius 1 is 1.43 bits per heavy atom. The summed E-state index contributed by atoms with van der Waals surface area (Å²) in [5.41, 5.74) is 0.759. The third-order valence-electron chi connectivity index (χ3n) is 2.64. The Balaban J connectivity index is 2.23. The number of carbonyl (C=O) groups is 1. The van der Waals surface area contributed by atoms with E-state index in [1.165, 1.54) is 24.4 Å². The van der Waals surface area contributed by atoms with E-state index >= 15 is 0 Å². The molecule has 0 aliphatic carbocycles. The maximum atomic E-state index is 13.2. The fourth-order valence-electron chi connectivity index (χ4n) is 1.66. The molecule has 21 heavy (non-hydrogen) atoms. The second kappa shape index (κ2) is 6.87. The van der Waals surface area contributed by atoms with E-state index in [9.17, 15) is 9.18 Å². The van der Waals surface area contributed by atoms with Crippen LogP contribution in [0, 0.1) is 5.82 Å². The molecule has 1 amide bonds. The van der Waals surface area contributed by atoms with Crippen molar-refractivity contribution in [2.45, 2.75) is 6.92 Å². The van der Waals surface area contributed by atoms with Crippen molar-refractivity contribution in [2.24, 2.45) is 0 Å². The molecule has 0 fully saturated rings. The SMILES string of the molecule is CCNc1cc(C(=O)Nc2ccc(F)c(Br)c2)c(Cl)cn1. The van der Waals surface area contributed by atoms with Crippen LogP contribution in [0.2, 0.25) is 5.02 Å². The van der Waals surface area contributed by atoms with Gasteiger partial charge >= 0.3 is 0 Å². The van der Waals surface area contributed by atoms with E-state index in [1.54, 1.807) is 6.07 Å². The molecule has 4 nitrogen and oxygen atoms in total. The number of benzene rings is 1. The first-order valence-electron chi connectivity index (χ1n) is 6.17. The van der Waals surface area contributed by atoms with Crippen molar-refractivity contribution in [3.05, 3.63) is 51.3 Å². The number of anilines is 2. The number of hydrogen-bond donors (Lipinski definition) is 2. The molecule has 0 unspecified atom stereocenters. The van der Waals surface area contributed by atoms with Crippen LogP contribution in [0.5, 0.6) is 0 Å². The van der Waals surface area contributed by atoms with Crippen molar-refractivity contribution in [3.8, 4) is 0 Å². The monoisotopic (exact) mass is 371 g/mol. The van der Waals surface area contributed by atoms with Gasteiger partial charge < -0.3 is 10.6 Å². The largest absolute Gasteiger partial charge is 0.370 e. The summed E-state index contributed by atoms with van der Waals surface area (Å²) < 4.78 is 13.4. The summed E-state index contributed by atoms with van der Waals surface area (Å²) >= 11 is 9.06. The average molecular weight is 373 g/mol. The van der Waals surface area contributed by atoms with Crippen molar-refractivity contribution < 1.29 is 9.18 Å². The highest BCUT2D eigenvalue weighted by Gasteiger charge is 2.13. The minimum Gasteiger partial charge on any atom is -0.370 e. The van der Waals surface area contributed by atoms with E-state index in [0.717, 1.165) is 0 Å². The highest BCUT2D eigenvalue weighted by Crippen LogP contribution is 2.23. The smallest absolute Gasteiger partial charge is 0.257 e. The molecular weight excluding hydrogens is 361 g/mol. The zero-order valence-electron chi connectivity index (χ0n) is 11.1. The number of rotatable bonds is 4. The average Bonchev–Trinajstić information content (AvgIpc) is 2.45. The molecule has 110 valence electrons. The number of amides is 1. The highest BCUT2D eigenvalue weighted by atomic mass is 79.9. The Kier molecular flexibility index (Phi) is 5.14. The van der Waals surface area contributed by atoms with E-state index in [2.05, 4.69) is 31.5 Å². The number of nitrogens with zero attached hydrogens (tertiary/aromatic N) is 1. The minimum atomic E-state index is -0.399. The van der Waals surface area contributed by atoms with Gasteiger partial charge in [-0.2, -0.15) is 0 Å². The predicted molar refractivity (Wildman–Crippen MR) is 85.5 cm³/mol. The number of aromatic nitrogens is 1. The molecule has 0 radical (unpaired) electrons. The van der Waals surface area contributed by atoms with Crippen LogP contribution in [0.1, 0.15) is 17.3 Å². The summed E-state index contributed by atoms with van der Waals surface area (Å²) in [4.78, 5) is 16.3. The summed E-state index contributed by atoms with van der Waals surface area (Å²) in [5.74, 6) is -0.225. The molecule has 0 bridgehead atoms. The van der Waals surface area contributed by atoms with Crippen LogP contribution in [-0.2, 0) is 0 Å². The zero-order chi connectivity index (χ0) is 15.4. The minimum absolute atomic E-state index is 0.246. The Bertz CT molecular complexity index is 681. The van der Waals surface area contributed by atoms with Crippen LogP contribution in [0.3, 0.4) is 0 Å². The van der Waals surface area contributed by atoms with Gasteiger partial charge in [-0.15, -0.1) is 0 Å². The van der Waals surface area contributed by atoms with E-state index in [0.29, 0.717) is 23.6 Å². The van der Waals surface area contributed by atoms with Crippen LogP contribution >= 0.6 is 27.5 Å². The number of hydrogen-bond acceptors (Lipinski definition) is 3. The molecule has 0 spiro atoms. The number of halogens is 3. The molecule has 7 heteroatoms. The first-order valence-corrected chi connectivity index (χ1v) is 7.34. The number of nitrogens with one attached hydrogen (secondary N) is 2. The van der Waals surface area contributed by atoms with Gasteiger partial charge in [0.25, 0.3) is 5.91 Å². The van der Waals surface area contributed by atoms with Crippen LogP contribution in [0.4, 0.5) is 15.9 Å². The van der Waals surface area contributed by atoms with Gasteiger partial charge in [-0.05, 0) is 47.1 Å². The zero-order valence-corrected chi connectivity index (χ0v) is 13.4. The summed E-state index contributed by atoms with van der Waals surface area (Å²) in [5, 5.41) is 5.91. The second-order valence-electron chi connectivity index (χ2n) is 4.16. The fourth-order valence-corrected chi connectivity index (χ4v) is 2.23. The lowest BCUT2D eigenvalue weighted by molar-refractivity contribution is 0.102. The van der Waals surface area contributed by atoms with Crippen molar-refractivity contribution in [1.82, 2.24) is 4.98 Å². The van der Waals surface area contributed by atoms with Crippen LogP contribution in [0.15, 0.2) is 34.9 Å². The molecule has 0 saturated heterocycles. The van der Waals surface area contributed by atoms with Gasteiger partial charge in [-0.3, -0.25) is 4.79 Å². The topological polar surface area (TPSA) is 54.0 Å². The Hall–Kier alpha value is -1.66. The molecule has 2 N–H and O–H groups in total. The second-order valence-corrected chi connectivity index (χ2v) is 5.42. The van der Waals surface area contributed by atoms with Gasteiger partial charge in [0.1, 0.15) is 11.6 Å². The molecule has 2 rings (SSSR count). The third-order valence-corrected chi connectivity index (χ3v) is 3.54. The molecule has 1 aromatic heterocycles. The van der Waals surface area contributed by atoms with Crippen molar-refractivity contribution in [1.29, 1.82) is 0 Å². The fraction of sp³-hybridized carbons (Fsp3) is 0.143.